The molecule has 1 aromatic carbocycles. The average Bonchev–Trinajstić information content (AvgIpc) is 3.06. The summed E-state index contributed by atoms with van der Waals surface area (Å²) in [5.41, 5.74) is 0.767. The number of hydrogen-bond acceptors (Lipinski definition) is 5. The summed E-state index contributed by atoms with van der Waals surface area (Å²) in [6.07, 6.45) is 5.16. The second kappa shape index (κ2) is 6.64. The predicted molar refractivity (Wildman–Crippen MR) is 84.5 cm³/mol. The van der Waals surface area contributed by atoms with Gasteiger partial charge < -0.3 is 14.4 Å². The van der Waals surface area contributed by atoms with Crippen molar-refractivity contribution in [3.8, 4) is 17.4 Å². The molecule has 1 aliphatic rings. The molecule has 0 bridgehead atoms. The molecule has 0 aliphatic carbocycles. The zero-order valence-corrected chi connectivity index (χ0v) is 13.2. The Hall–Kier alpha value is -2.63. The van der Waals surface area contributed by atoms with Crippen molar-refractivity contribution >= 4 is 5.91 Å². The van der Waals surface area contributed by atoms with E-state index in [1.54, 1.807) is 26.4 Å². The fraction of sp³-hybridized carbons (Fsp3) is 0.353. The SMILES string of the molecule is COc1ccc(Oc2cncc([C@H]3CCCN3C(C)=O)n2)cc1. The van der Waals surface area contributed by atoms with E-state index in [1.165, 1.54) is 0 Å². The van der Waals surface area contributed by atoms with Crippen LogP contribution in [0.5, 0.6) is 17.4 Å². The quantitative estimate of drug-likeness (QED) is 0.868. The normalized spacial score (nSPS) is 17.1. The van der Waals surface area contributed by atoms with Crippen molar-refractivity contribution in [1.29, 1.82) is 0 Å². The Balaban J connectivity index is 1.78. The van der Waals surface area contributed by atoms with Gasteiger partial charge in [-0.05, 0) is 37.1 Å². The molecule has 1 fully saturated rings. The van der Waals surface area contributed by atoms with E-state index >= 15 is 0 Å². The number of carbonyl (C=O) groups is 1. The van der Waals surface area contributed by atoms with Gasteiger partial charge in [-0.15, -0.1) is 0 Å². The number of rotatable bonds is 4. The highest BCUT2D eigenvalue weighted by Gasteiger charge is 2.29. The minimum Gasteiger partial charge on any atom is -0.497 e. The van der Waals surface area contributed by atoms with Gasteiger partial charge in [-0.2, -0.15) is 0 Å². The number of benzene rings is 1. The van der Waals surface area contributed by atoms with E-state index in [4.69, 9.17) is 9.47 Å². The van der Waals surface area contributed by atoms with Crippen molar-refractivity contribution in [1.82, 2.24) is 14.9 Å². The molecule has 0 N–H and O–H groups in total. The maximum absolute atomic E-state index is 11.7. The van der Waals surface area contributed by atoms with E-state index in [0.717, 1.165) is 30.8 Å². The summed E-state index contributed by atoms with van der Waals surface area (Å²) in [4.78, 5) is 22.3. The van der Waals surface area contributed by atoms with Crippen LogP contribution in [0, 0.1) is 0 Å². The molecule has 6 nitrogen and oxygen atoms in total. The molecule has 23 heavy (non-hydrogen) atoms. The molecule has 1 amide bonds. The van der Waals surface area contributed by atoms with Crippen molar-refractivity contribution < 1.29 is 14.3 Å². The van der Waals surface area contributed by atoms with Crippen molar-refractivity contribution in [3.05, 3.63) is 42.4 Å². The van der Waals surface area contributed by atoms with Gasteiger partial charge in [0.05, 0.1) is 31.2 Å². The minimum atomic E-state index is -0.0144. The van der Waals surface area contributed by atoms with Gasteiger partial charge in [0.2, 0.25) is 11.8 Å². The number of hydrogen-bond donors (Lipinski definition) is 0. The standard InChI is InChI=1S/C17H19N3O3/c1-12(21)20-9-3-4-16(20)15-10-18-11-17(19-15)23-14-7-5-13(22-2)6-8-14/h5-8,10-11,16H,3-4,9H2,1-2H3/t16-/m1/s1. The van der Waals surface area contributed by atoms with Gasteiger partial charge in [0, 0.05) is 13.5 Å². The molecule has 1 aromatic heterocycles. The molecule has 0 spiro atoms. The first kappa shape index (κ1) is 15.3. The van der Waals surface area contributed by atoms with Crippen molar-refractivity contribution in [2.75, 3.05) is 13.7 Å². The number of nitrogens with zero attached hydrogens (tertiary/aromatic N) is 3. The topological polar surface area (TPSA) is 64.6 Å². The van der Waals surface area contributed by atoms with E-state index in [1.807, 2.05) is 29.2 Å². The maximum Gasteiger partial charge on any atom is 0.238 e. The number of aromatic nitrogens is 2. The lowest BCUT2D eigenvalue weighted by molar-refractivity contribution is -0.129. The molecule has 2 heterocycles. The van der Waals surface area contributed by atoms with Crippen molar-refractivity contribution in [2.24, 2.45) is 0 Å². The molecule has 1 aliphatic heterocycles. The van der Waals surface area contributed by atoms with E-state index in [0.29, 0.717) is 11.6 Å². The van der Waals surface area contributed by atoms with Crippen LogP contribution in [-0.2, 0) is 4.79 Å². The molecular weight excluding hydrogens is 294 g/mol. The highest BCUT2D eigenvalue weighted by atomic mass is 16.5. The van der Waals surface area contributed by atoms with E-state index in [9.17, 15) is 4.79 Å². The highest BCUT2D eigenvalue weighted by molar-refractivity contribution is 5.74. The maximum atomic E-state index is 11.7. The second-order valence-electron chi connectivity index (χ2n) is 5.43. The van der Waals surface area contributed by atoms with Crippen LogP contribution in [0.2, 0.25) is 0 Å². The molecule has 6 heteroatoms. The van der Waals surface area contributed by atoms with Crippen LogP contribution in [0.3, 0.4) is 0 Å². The van der Waals surface area contributed by atoms with Gasteiger partial charge in [0.1, 0.15) is 11.5 Å². The first-order chi connectivity index (χ1) is 11.2. The van der Waals surface area contributed by atoms with Gasteiger partial charge >= 0.3 is 0 Å². The molecular formula is C17H19N3O3. The van der Waals surface area contributed by atoms with Crippen LogP contribution in [0.1, 0.15) is 31.5 Å². The monoisotopic (exact) mass is 313 g/mol. The summed E-state index contributed by atoms with van der Waals surface area (Å²) in [6, 6.07) is 7.25. The van der Waals surface area contributed by atoms with E-state index < -0.39 is 0 Å². The number of likely N-dealkylation sites (tertiary alicyclic amines) is 1. The lowest BCUT2D eigenvalue weighted by atomic mass is 10.1. The van der Waals surface area contributed by atoms with Crippen LogP contribution in [0.25, 0.3) is 0 Å². The largest absolute Gasteiger partial charge is 0.497 e. The lowest BCUT2D eigenvalue weighted by Gasteiger charge is -2.22. The Kier molecular flexibility index (Phi) is 4.41. The zero-order valence-electron chi connectivity index (χ0n) is 13.2. The van der Waals surface area contributed by atoms with Gasteiger partial charge in [-0.3, -0.25) is 9.78 Å². The van der Waals surface area contributed by atoms with Crippen molar-refractivity contribution in [3.63, 3.8) is 0 Å². The highest BCUT2D eigenvalue weighted by Crippen LogP contribution is 2.31. The molecule has 0 unspecified atom stereocenters. The smallest absolute Gasteiger partial charge is 0.238 e. The molecule has 0 saturated carbocycles. The van der Waals surface area contributed by atoms with Gasteiger partial charge in [-0.1, -0.05) is 0 Å². The summed E-state index contributed by atoms with van der Waals surface area (Å²) >= 11 is 0. The van der Waals surface area contributed by atoms with Crippen LogP contribution in [-0.4, -0.2) is 34.4 Å². The zero-order chi connectivity index (χ0) is 16.2. The molecule has 3 rings (SSSR count). The number of carbonyl (C=O) groups excluding carboxylic acids is 1. The third kappa shape index (κ3) is 3.41. The second-order valence-corrected chi connectivity index (χ2v) is 5.43. The Morgan fingerprint density at radius 1 is 1.22 bits per heavy atom. The van der Waals surface area contributed by atoms with Crippen LogP contribution >= 0.6 is 0 Å². The lowest BCUT2D eigenvalue weighted by Crippen LogP contribution is -2.28. The van der Waals surface area contributed by atoms with Gasteiger partial charge in [-0.25, -0.2) is 4.98 Å². The summed E-state index contributed by atoms with van der Waals surface area (Å²) in [7, 11) is 1.62. The molecule has 2 aromatic rings. The molecule has 1 atom stereocenters. The Bertz CT molecular complexity index is 688. The summed E-state index contributed by atoms with van der Waals surface area (Å²) < 4.78 is 10.9. The van der Waals surface area contributed by atoms with Crippen molar-refractivity contribution in [2.45, 2.75) is 25.8 Å². The Labute approximate surface area is 135 Å². The summed E-state index contributed by atoms with van der Waals surface area (Å²) in [6.45, 7) is 2.36. The van der Waals surface area contributed by atoms with Gasteiger partial charge in [0.25, 0.3) is 0 Å². The van der Waals surface area contributed by atoms with Crippen LogP contribution in [0.15, 0.2) is 36.7 Å². The Morgan fingerprint density at radius 2 is 1.96 bits per heavy atom. The van der Waals surface area contributed by atoms with E-state index in [2.05, 4.69) is 9.97 Å². The molecule has 120 valence electrons. The third-order valence-electron chi connectivity index (χ3n) is 3.91. The van der Waals surface area contributed by atoms with Crippen LogP contribution in [0.4, 0.5) is 0 Å². The Morgan fingerprint density at radius 3 is 2.65 bits per heavy atom. The fourth-order valence-electron chi connectivity index (χ4n) is 2.79. The summed E-state index contributed by atoms with van der Waals surface area (Å²) in [5, 5.41) is 0. The number of ether oxygens (including phenoxy) is 2. The first-order valence-electron chi connectivity index (χ1n) is 7.58. The fourth-order valence-corrected chi connectivity index (χ4v) is 2.79. The summed E-state index contributed by atoms with van der Waals surface area (Å²) in [5.74, 6) is 1.91. The number of methoxy groups -OCH3 is 1. The molecule has 0 radical (unpaired) electrons. The van der Waals surface area contributed by atoms with Crippen LogP contribution < -0.4 is 9.47 Å². The minimum absolute atomic E-state index is 0.0144. The predicted octanol–water partition coefficient (Wildman–Crippen LogP) is 2.96. The van der Waals surface area contributed by atoms with E-state index in [-0.39, 0.29) is 11.9 Å². The number of amides is 1. The molecule has 1 saturated heterocycles. The first-order valence-corrected chi connectivity index (χ1v) is 7.58. The third-order valence-corrected chi connectivity index (χ3v) is 3.91. The van der Waals surface area contributed by atoms with Gasteiger partial charge in [0.15, 0.2) is 0 Å². The average molecular weight is 313 g/mol.